The van der Waals surface area contributed by atoms with E-state index in [4.69, 9.17) is 5.73 Å². The van der Waals surface area contributed by atoms with Crippen LogP contribution in [-0.2, 0) is 24.3 Å². The Labute approximate surface area is 156 Å². The first-order valence-electron chi connectivity index (χ1n) is 9.50. The molecule has 0 atom stereocenters. The second-order valence-electron chi connectivity index (χ2n) is 7.47. The largest absolute Gasteiger partial charge is 0.399 e. The van der Waals surface area contributed by atoms with Gasteiger partial charge in [0.1, 0.15) is 0 Å². The summed E-state index contributed by atoms with van der Waals surface area (Å²) < 4.78 is 0. The smallest absolute Gasteiger partial charge is 0.224 e. The summed E-state index contributed by atoms with van der Waals surface area (Å²) in [7, 11) is 0. The van der Waals surface area contributed by atoms with E-state index in [0.29, 0.717) is 18.7 Å². The molecule has 4 nitrogen and oxygen atoms in total. The molecule has 0 aromatic heterocycles. The van der Waals surface area contributed by atoms with Crippen molar-refractivity contribution in [1.29, 1.82) is 0 Å². The monoisotopic (exact) mass is 351 g/mol. The molecule has 1 saturated heterocycles. The summed E-state index contributed by atoms with van der Waals surface area (Å²) in [5, 5.41) is 3.01. The zero-order valence-corrected chi connectivity index (χ0v) is 15.6. The minimum Gasteiger partial charge on any atom is -0.399 e. The van der Waals surface area contributed by atoms with E-state index in [1.165, 1.54) is 31.5 Å². The molecule has 1 aliphatic heterocycles. The number of amides is 1. The molecule has 3 N–H and O–H groups in total. The fourth-order valence-electron chi connectivity index (χ4n) is 3.40. The Balaban J connectivity index is 1.48. The molecule has 4 heteroatoms. The maximum atomic E-state index is 12.2. The van der Waals surface area contributed by atoms with Crippen LogP contribution in [0.5, 0.6) is 0 Å². The molecule has 0 radical (unpaired) electrons. The molecule has 1 heterocycles. The highest BCUT2D eigenvalue weighted by atomic mass is 16.1. The van der Waals surface area contributed by atoms with E-state index >= 15 is 0 Å². The van der Waals surface area contributed by atoms with Crippen molar-refractivity contribution in [3.8, 4) is 0 Å². The van der Waals surface area contributed by atoms with Gasteiger partial charge in [-0.1, -0.05) is 43.3 Å². The first-order chi connectivity index (χ1) is 12.6. The SMILES string of the molecule is CC1CCN(Cc2cccc(CNC(=O)Cc3ccc(N)cc3)c2)CC1. The van der Waals surface area contributed by atoms with Gasteiger partial charge in [-0.3, -0.25) is 9.69 Å². The number of piperidine rings is 1. The summed E-state index contributed by atoms with van der Waals surface area (Å²) in [5.74, 6) is 0.888. The Morgan fingerprint density at radius 2 is 1.77 bits per heavy atom. The molecular weight excluding hydrogens is 322 g/mol. The van der Waals surface area contributed by atoms with Gasteiger partial charge in [-0.15, -0.1) is 0 Å². The highest BCUT2D eigenvalue weighted by molar-refractivity contribution is 5.78. The number of hydrogen-bond donors (Lipinski definition) is 2. The van der Waals surface area contributed by atoms with Crippen molar-refractivity contribution < 1.29 is 4.79 Å². The van der Waals surface area contributed by atoms with Crippen LogP contribution in [0.15, 0.2) is 48.5 Å². The second kappa shape index (κ2) is 8.86. The Bertz CT molecular complexity index is 718. The quantitative estimate of drug-likeness (QED) is 0.785. The van der Waals surface area contributed by atoms with Crippen molar-refractivity contribution in [2.75, 3.05) is 18.8 Å². The first-order valence-corrected chi connectivity index (χ1v) is 9.50. The van der Waals surface area contributed by atoms with Gasteiger partial charge >= 0.3 is 0 Å². The first kappa shape index (κ1) is 18.5. The third-order valence-electron chi connectivity index (χ3n) is 5.11. The van der Waals surface area contributed by atoms with Crippen molar-refractivity contribution in [3.63, 3.8) is 0 Å². The molecule has 26 heavy (non-hydrogen) atoms. The number of benzene rings is 2. The third kappa shape index (κ3) is 5.60. The maximum Gasteiger partial charge on any atom is 0.224 e. The van der Waals surface area contributed by atoms with E-state index in [-0.39, 0.29) is 5.91 Å². The summed E-state index contributed by atoms with van der Waals surface area (Å²) in [6.45, 7) is 6.27. The van der Waals surface area contributed by atoms with E-state index < -0.39 is 0 Å². The molecule has 138 valence electrons. The highest BCUT2D eigenvalue weighted by Gasteiger charge is 2.15. The van der Waals surface area contributed by atoms with Crippen LogP contribution in [0.1, 0.15) is 36.5 Å². The lowest BCUT2D eigenvalue weighted by Gasteiger charge is -2.30. The third-order valence-corrected chi connectivity index (χ3v) is 5.11. The zero-order valence-electron chi connectivity index (χ0n) is 15.6. The van der Waals surface area contributed by atoms with Crippen LogP contribution in [-0.4, -0.2) is 23.9 Å². The standard InChI is InChI=1S/C22H29N3O/c1-17-9-11-25(12-10-17)16-20-4-2-3-19(13-20)15-24-22(26)14-18-5-7-21(23)8-6-18/h2-8,13,17H,9-12,14-16,23H2,1H3,(H,24,26). The summed E-state index contributed by atoms with van der Waals surface area (Å²) >= 11 is 0. The van der Waals surface area contributed by atoms with Gasteiger partial charge in [0, 0.05) is 18.8 Å². The number of likely N-dealkylation sites (tertiary alicyclic amines) is 1. The van der Waals surface area contributed by atoms with Crippen LogP contribution in [0.4, 0.5) is 5.69 Å². The number of carbonyl (C=O) groups is 1. The summed E-state index contributed by atoms with van der Waals surface area (Å²) in [6, 6.07) is 16.0. The Morgan fingerprint density at radius 1 is 1.08 bits per heavy atom. The average Bonchev–Trinajstić information content (AvgIpc) is 2.64. The average molecular weight is 351 g/mol. The van der Waals surface area contributed by atoms with Gasteiger partial charge in [-0.2, -0.15) is 0 Å². The predicted molar refractivity (Wildman–Crippen MR) is 107 cm³/mol. The van der Waals surface area contributed by atoms with E-state index in [0.717, 1.165) is 23.6 Å². The minimum atomic E-state index is 0.0326. The molecular formula is C22H29N3O. The number of carbonyl (C=O) groups excluding carboxylic acids is 1. The Kier molecular flexibility index (Phi) is 6.29. The predicted octanol–water partition coefficient (Wildman–Crippen LogP) is 3.36. The van der Waals surface area contributed by atoms with E-state index in [1.807, 2.05) is 24.3 Å². The van der Waals surface area contributed by atoms with Crippen LogP contribution < -0.4 is 11.1 Å². The normalized spacial score (nSPS) is 15.7. The van der Waals surface area contributed by atoms with Crippen LogP contribution in [0, 0.1) is 5.92 Å². The number of anilines is 1. The van der Waals surface area contributed by atoms with Crippen LogP contribution in [0.2, 0.25) is 0 Å². The van der Waals surface area contributed by atoms with Crippen molar-refractivity contribution >= 4 is 11.6 Å². The summed E-state index contributed by atoms with van der Waals surface area (Å²) in [5.41, 5.74) is 9.84. The molecule has 3 rings (SSSR count). The van der Waals surface area contributed by atoms with Crippen LogP contribution in [0.25, 0.3) is 0 Å². The molecule has 0 spiro atoms. The maximum absolute atomic E-state index is 12.2. The summed E-state index contributed by atoms with van der Waals surface area (Å²) in [4.78, 5) is 14.7. The van der Waals surface area contributed by atoms with E-state index in [2.05, 4.69) is 41.4 Å². The number of rotatable bonds is 6. The molecule has 2 aromatic rings. The number of nitrogens with two attached hydrogens (primary N) is 1. The number of nitrogens with one attached hydrogen (secondary N) is 1. The lowest BCUT2D eigenvalue weighted by molar-refractivity contribution is -0.120. The number of hydrogen-bond acceptors (Lipinski definition) is 3. The number of nitrogen functional groups attached to an aromatic ring is 1. The number of nitrogens with zero attached hydrogens (tertiary/aromatic N) is 1. The molecule has 1 aliphatic rings. The van der Waals surface area contributed by atoms with Gasteiger partial charge in [0.25, 0.3) is 0 Å². The lowest BCUT2D eigenvalue weighted by atomic mass is 9.98. The van der Waals surface area contributed by atoms with Gasteiger partial charge in [0.2, 0.25) is 5.91 Å². The molecule has 0 unspecified atom stereocenters. The van der Waals surface area contributed by atoms with Gasteiger partial charge in [-0.05, 0) is 60.7 Å². The fraction of sp³-hybridized carbons (Fsp3) is 0.409. The molecule has 0 saturated carbocycles. The van der Waals surface area contributed by atoms with Gasteiger partial charge < -0.3 is 11.1 Å². The molecule has 0 bridgehead atoms. The molecule has 2 aromatic carbocycles. The topological polar surface area (TPSA) is 58.4 Å². The molecule has 1 fully saturated rings. The Hall–Kier alpha value is -2.33. The second-order valence-corrected chi connectivity index (χ2v) is 7.47. The van der Waals surface area contributed by atoms with Gasteiger partial charge in [0.15, 0.2) is 0 Å². The minimum absolute atomic E-state index is 0.0326. The van der Waals surface area contributed by atoms with Crippen molar-refractivity contribution in [2.24, 2.45) is 5.92 Å². The van der Waals surface area contributed by atoms with Crippen LogP contribution >= 0.6 is 0 Å². The van der Waals surface area contributed by atoms with Gasteiger partial charge in [-0.25, -0.2) is 0 Å². The van der Waals surface area contributed by atoms with E-state index in [1.54, 1.807) is 0 Å². The zero-order chi connectivity index (χ0) is 18.4. The van der Waals surface area contributed by atoms with E-state index in [9.17, 15) is 4.79 Å². The molecule has 1 amide bonds. The fourth-order valence-corrected chi connectivity index (χ4v) is 3.40. The molecule has 0 aliphatic carbocycles. The summed E-state index contributed by atoms with van der Waals surface area (Å²) in [6.07, 6.45) is 2.97. The van der Waals surface area contributed by atoms with Crippen LogP contribution in [0.3, 0.4) is 0 Å². The van der Waals surface area contributed by atoms with Gasteiger partial charge in [0.05, 0.1) is 6.42 Å². The van der Waals surface area contributed by atoms with Crippen molar-refractivity contribution in [2.45, 2.75) is 39.3 Å². The van der Waals surface area contributed by atoms with Crippen molar-refractivity contribution in [3.05, 3.63) is 65.2 Å². The Morgan fingerprint density at radius 3 is 2.50 bits per heavy atom. The lowest BCUT2D eigenvalue weighted by Crippen LogP contribution is -2.32. The van der Waals surface area contributed by atoms with Crippen molar-refractivity contribution in [1.82, 2.24) is 10.2 Å². The highest BCUT2D eigenvalue weighted by Crippen LogP contribution is 2.18.